The quantitative estimate of drug-likeness (QED) is 0.0951. The van der Waals surface area contributed by atoms with Gasteiger partial charge in [-0.2, -0.15) is 5.26 Å². The van der Waals surface area contributed by atoms with Gasteiger partial charge in [-0.05, 0) is 265 Å². The minimum Gasteiger partial charge on any atom is -0.468 e. The minimum atomic E-state index is -1.26. The third-order valence-electron chi connectivity index (χ3n) is 25.5. The summed E-state index contributed by atoms with van der Waals surface area (Å²) >= 11 is 0. The summed E-state index contributed by atoms with van der Waals surface area (Å²) in [6.45, 7) is 37.9. The third-order valence-corrected chi connectivity index (χ3v) is 25.5. The van der Waals surface area contributed by atoms with Crippen molar-refractivity contribution in [2.24, 2.45) is 0 Å². The second-order valence-electron chi connectivity index (χ2n) is 38.9. The van der Waals surface area contributed by atoms with E-state index in [9.17, 15) is 5.26 Å². The van der Waals surface area contributed by atoms with Gasteiger partial charge in [-0.3, -0.25) is 0 Å². The lowest BCUT2D eigenvalue weighted by molar-refractivity contribution is 0.481. The van der Waals surface area contributed by atoms with E-state index in [2.05, 4.69) is 10.9 Å². The molecule has 20 rings (SSSR count). The smallest absolute Gasteiger partial charge is 0.301 e. The molecule has 14 aromatic rings. The number of aryl methyl sites for hydroxylation is 3. The molecule has 0 spiro atoms. The molecule has 0 radical (unpaired) electrons. The Labute approximate surface area is 708 Å². The van der Waals surface area contributed by atoms with Gasteiger partial charge < -0.3 is 38.1 Å². The highest BCUT2D eigenvalue weighted by atomic mass is 19.2. The van der Waals surface area contributed by atoms with Crippen molar-refractivity contribution >= 4 is 183 Å². The van der Waals surface area contributed by atoms with Crippen molar-refractivity contribution in [3.8, 4) is 17.6 Å². The zero-order valence-corrected chi connectivity index (χ0v) is 71.1. The van der Waals surface area contributed by atoms with E-state index in [4.69, 9.17) is 20.1 Å². The molecule has 0 bridgehead atoms. The van der Waals surface area contributed by atoms with Crippen LogP contribution >= 0.6 is 0 Å². The average molecular weight is 1640 g/mol. The van der Waals surface area contributed by atoms with Gasteiger partial charge in [0.1, 0.15) is 51.1 Å². The standard InChI is InChI=1S/C101H81B3F9N7O3/c1-48-26-78-86-79(27-48)118(91-67(108)36-54(37-68(91)109)99(10,11)12)75-46-77-63(104-88-82(120(77)93-71(112)40-56(41-72(93)113)101(16,17)18)30-50(3)31-85(88)121-94-59-42-57(115-19)22-25-84(59)123-96(94)104)44-61(75)102(86)60-43-62-76(45-74(60)117(78)90-65(106)34-53(35-66(90)107)98(7,8)9)119(92-69(110)38-55(39-70(92)111)100(13,14)15)81-29-49(2)28-80-87(81)103(62)95-89(58-32-51(47-114)20-24-83(58)122-95)116(80)73-23-21-52(33-64(73)105)97(4,5)6/h20-46H,1-18H3. The molecule has 610 valence electrons. The molecule has 8 heterocycles. The van der Waals surface area contributed by atoms with Gasteiger partial charge in [-0.1, -0.05) is 128 Å². The van der Waals surface area contributed by atoms with Gasteiger partial charge in [-0.15, -0.1) is 0 Å². The fraction of sp³-hybridized carbons (Fsp3) is 0.228. The topological polar surface area (TPSA) is 79.9 Å². The van der Waals surface area contributed by atoms with Gasteiger partial charge in [0.25, 0.3) is 13.4 Å². The van der Waals surface area contributed by atoms with Crippen LogP contribution in [0.15, 0.2) is 173 Å². The van der Waals surface area contributed by atoms with Crippen LogP contribution in [0.3, 0.4) is 0 Å². The summed E-state index contributed by atoms with van der Waals surface area (Å²) in [5.74, 6) is -8.02. The normalized spacial score (nSPS) is 14.2. The fourth-order valence-corrected chi connectivity index (χ4v) is 19.4. The number of hydrogen-bond donors (Lipinski definition) is 0. The molecule has 6 aliphatic rings. The van der Waals surface area contributed by atoms with E-state index in [0.29, 0.717) is 94.1 Å². The van der Waals surface area contributed by atoms with Crippen molar-refractivity contribution in [3.63, 3.8) is 0 Å². The van der Waals surface area contributed by atoms with Crippen molar-refractivity contribution in [2.45, 2.75) is 152 Å². The molecule has 0 N–H and O–H groups in total. The van der Waals surface area contributed by atoms with Gasteiger partial charge in [0.15, 0.2) is 58.0 Å². The predicted molar refractivity (Wildman–Crippen MR) is 478 cm³/mol. The summed E-state index contributed by atoms with van der Waals surface area (Å²) in [4.78, 5) is 11.4. The van der Waals surface area contributed by atoms with Gasteiger partial charge in [0.05, 0.1) is 40.6 Å². The third kappa shape index (κ3) is 11.6. The molecule has 0 atom stereocenters. The number of halogens is 9. The first-order chi connectivity index (χ1) is 58.0. The zero-order valence-electron chi connectivity index (χ0n) is 71.1. The van der Waals surface area contributed by atoms with E-state index in [1.165, 1.54) is 74.2 Å². The lowest BCUT2D eigenvalue weighted by atomic mass is 9.30. The van der Waals surface area contributed by atoms with Crippen LogP contribution in [-0.4, -0.2) is 20.1 Å². The second kappa shape index (κ2) is 26.3. The lowest BCUT2D eigenvalue weighted by Crippen LogP contribution is -2.66. The van der Waals surface area contributed by atoms with Crippen molar-refractivity contribution in [1.82, 2.24) is 0 Å². The molecule has 22 heteroatoms. The van der Waals surface area contributed by atoms with E-state index in [0.717, 1.165) is 0 Å². The Hall–Kier alpha value is -12.9. The van der Waals surface area contributed by atoms with Crippen LogP contribution in [0.2, 0.25) is 0 Å². The van der Waals surface area contributed by atoms with Crippen molar-refractivity contribution in [3.05, 3.63) is 278 Å². The fourth-order valence-electron chi connectivity index (χ4n) is 19.4. The molecule has 0 fully saturated rings. The largest absolute Gasteiger partial charge is 0.468 e. The minimum absolute atomic E-state index is 0.0672. The summed E-state index contributed by atoms with van der Waals surface area (Å²) in [6.07, 6.45) is 0. The average Bonchev–Trinajstić information content (AvgIpc) is 1.55. The van der Waals surface area contributed by atoms with Crippen LogP contribution in [0, 0.1) is 91.0 Å². The highest BCUT2D eigenvalue weighted by Crippen LogP contribution is 2.56. The summed E-state index contributed by atoms with van der Waals surface area (Å²) in [6, 6.07) is 45.2. The first-order valence-corrected chi connectivity index (χ1v) is 41.2. The SMILES string of the molecule is [C-]#[N+]c1ccc2oc3c(c2c1)Oc1cc(C)cc2c1B3c1cc3c(cc1N2c1c(F)cc(C(C)(C)C)cc1F)N(c1c(F)cc(C(C)(C)C)cc1F)c1cc(C)cc2c1B3c1cc3c(cc1N2c1c(F)cc(C(C)(C)C)cc1F)N(c1c(F)cc(C(C)(C)C)cc1F)c1cc(C)cc2c1B3c1oc3ccc(C#N)cc3c1N2c1ccc(C(C)(C)C)cc1F. The summed E-state index contributed by atoms with van der Waals surface area (Å²) < 4.78 is 189. The molecule has 2 aromatic heterocycles. The lowest BCUT2D eigenvalue weighted by Gasteiger charge is -2.47. The first kappa shape index (κ1) is 78.6. The summed E-state index contributed by atoms with van der Waals surface area (Å²) in [5.41, 5.74) is 3.32. The highest BCUT2D eigenvalue weighted by molar-refractivity contribution is 7.04. The molecular weight excluding hydrogens is 1560 g/mol. The van der Waals surface area contributed by atoms with E-state index in [1.807, 2.05) is 148 Å². The Kier molecular flexibility index (Phi) is 16.8. The maximum atomic E-state index is 18.9. The molecule has 0 saturated heterocycles. The molecule has 12 aromatic carbocycles. The van der Waals surface area contributed by atoms with Crippen molar-refractivity contribution < 1.29 is 53.1 Å². The second-order valence-corrected chi connectivity index (χ2v) is 38.9. The van der Waals surface area contributed by atoms with Gasteiger partial charge >= 0.3 is 6.71 Å². The predicted octanol–water partition coefficient (Wildman–Crippen LogP) is 22.8. The highest BCUT2D eigenvalue weighted by Gasteiger charge is 2.55. The number of rotatable bonds is 5. The van der Waals surface area contributed by atoms with Crippen LogP contribution in [0.1, 0.15) is 154 Å². The van der Waals surface area contributed by atoms with Crippen molar-refractivity contribution in [2.75, 3.05) is 24.5 Å². The molecular formula is C101H81B3F9N7O3. The Balaban J connectivity index is 0.972. The number of nitriles is 1. The van der Waals surface area contributed by atoms with Gasteiger partial charge in [0.2, 0.25) is 0 Å². The molecule has 6 aliphatic heterocycles. The summed E-state index contributed by atoms with van der Waals surface area (Å²) in [7, 11) is 0. The monoisotopic (exact) mass is 1640 g/mol. The molecule has 0 saturated carbocycles. The van der Waals surface area contributed by atoms with E-state index in [1.54, 1.807) is 90.7 Å². The molecule has 0 aliphatic carbocycles. The van der Waals surface area contributed by atoms with E-state index in [-0.39, 0.29) is 107 Å². The number of ether oxygens (including phenoxy) is 1. The number of fused-ring (bicyclic) bond motifs is 16. The number of hydrogen-bond acceptors (Lipinski definition) is 9. The Morgan fingerprint density at radius 1 is 0.325 bits per heavy atom. The van der Waals surface area contributed by atoms with E-state index < -0.39 is 122 Å². The first-order valence-electron chi connectivity index (χ1n) is 41.2. The van der Waals surface area contributed by atoms with Gasteiger partial charge in [-0.25, -0.2) is 44.4 Å². The Bertz CT molecular complexity index is 7120. The zero-order chi connectivity index (χ0) is 87.0. The van der Waals surface area contributed by atoms with E-state index >= 15 is 39.5 Å². The maximum Gasteiger partial charge on any atom is 0.301 e. The number of nitrogens with zero attached hydrogens (tertiary/aromatic N) is 7. The molecule has 123 heavy (non-hydrogen) atoms. The van der Waals surface area contributed by atoms with Gasteiger partial charge in [0, 0.05) is 62.0 Å². The Morgan fingerprint density at radius 3 is 1.06 bits per heavy atom. The molecule has 0 unspecified atom stereocenters. The summed E-state index contributed by atoms with van der Waals surface area (Å²) in [5, 5.41) is 11.6. The van der Waals surface area contributed by atoms with Crippen molar-refractivity contribution in [1.29, 1.82) is 5.26 Å². The Morgan fingerprint density at radius 2 is 0.667 bits per heavy atom. The van der Waals surface area contributed by atoms with Crippen LogP contribution < -0.4 is 78.8 Å². The number of benzene rings is 12. The number of anilines is 15. The number of furan rings is 2. The van der Waals surface area contributed by atoms with Crippen LogP contribution in [0.4, 0.5) is 131 Å². The van der Waals surface area contributed by atoms with Crippen LogP contribution in [0.5, 0.6) is 11.5 Å². The maximum absolute atomic E-state index is 18.9. The molecule has 0 amide bonds. The van der Waals surface area contributed by atoms with Crippen LogP contribution in [-0.2, 0) is 27.1 Å². The van der Waals surface area contributed by atoms with Crippen LogP contribution in [0.25, 0.3) is 26.8 Å². The molecule has 10 nitrogen and oxygen atoms in total.